The molecule has 10 nitrogen and oxygen atoms in total. The molecule has 150 valence electrons. The normalized spacial score (nSPS) is 16.1. The predicted octanol–water partition coefficient (Wildman–Crippen LogP) is 1.97. The van der Waals surface area contributed by atoms with E-state index in [1.165, 1.54) is 12.1 Å². The van der Waals surface area contributed by atoms with Gasteiger partial charge in [-0.1, -0.05) is 13.0 Å². The summed E-state index contributed by atoms with van der Waals surface area (Å²) >= 11 is 0. The van der Waals surface area contributed by atoms with Crippen LogP contribution in [0.3, 0.4) is 0 Å². The summed E-state index contributed by atoms with van der Waals surface area (Å²) in [5, 5.41) is 16.1. The van der Waals surface area contributed by atoms with Crippen molar-refractivity contribution < 1.29 is 28.8 Å². The molecule has 0 bridgehead atoms. The molecule has 0 aliphatic carbocycles. The molecule has 1 aliphatic rings. The zero-order valence-electron chi connectivity index (χ0n) is 15.7. The number of esters is 2. The van der Waals surface area contributed by atoms with Gasteiger partial charge in [-0.05, 0) is 26.3 Å². The maximum atomic E-state index is 12.3. The van der Waals surface area contributed by atoms with Crippen LogP contribution in [0.5, 0.6) is 0 Å². The van der Waals surface area contributed by atoms with Gasteiger partial charge in [0.2, 0.25) is 0 Å². The number of ether oxygens (including phenoxy) is 2. The predicted molar refractivity (Wildman–Crippen MR) is 97.5 cm³/mol. The smallest absolute Gasteiger partial charge is 0.338 e. The highest BCUT2D eigenvalue weighted by Crippen LogP contribution is 2.21. The molecular formula is C18H21N3O7. The van der Waals surface area contributed by atoms with Crippen molar-refractivity contribution in [3.05, 3.63) is 50.7 Å². The fourth-order valence-corrected chi connectivity index (χ4v) is 2.73. The number of urea groups is 1. The molecule has 1 aromatic carbocycles. The van der Waals surface area contributed by atoms with Crippen LogP contribution in [0.2, 0.25) is 0 Å². The first-order valence-electron chi connectivity index (χ1n) is 8.68. The standard InChI is InChI=1S/C18H21N3O7/c1-4-12-15(17(23)27-5-2)13(20-18(24)19-12)9-28-16(22)11-7-6-10(3)14(8-11)21(25)26/h6-8,12H,4-5,9H2,1-3H3,(H2,19,20,24)/t12-/m1/s1. The molecule has 28 heavy (non-hydrogen) atoms. The molecule has 2 amide bonds. The lowest BCUT2D eigenvalue weighted by Gasteiger charge is -2.28. The lowest BCUT2D eigenvalue weighted by molar-refractivity contribution is -0.385. The van der Waals surface area contributed by atoms with E-state index >= 15 is 0 Å². The van der Waals surface area contributed by atoms with Crippen LogP contribution in [0.1, 0.15) is 36.2 Å². The van der Waals surface area contributed by atoms with E-state index in [2.05, 4.69) is 10.6 Å². The van der Waals surface area contributed by atoms with Crippen LogP contribution in [-0.4, -0.2) is 42.1 Å². The fourth-order valence-electron chi connectivity index (χ4n) is 2.73. The maximum absolute atomic E-state index is 12.3. The van der Waals surface area contributed by atoms with Crippen molar-refractivity contribution in [1.82, 2.24) is 10.6 Å². The number of carbonyl (C=O) groups excluding carboxylic acids is 3. The number of nitrogens with zero attached hydrogens (tertiary/aromatic N) is 1. The molecule has 0 fully saturated rings. The third-order valence-corrected chi connectivity index (χ3v) is 4.14. The van der Waals surface area contributed by atoms with E-state index in [1.807, 2.05) is 0 Å². The van der Waals surface area contributed by atoms with Gasteiger partial charge < -0.3 is 20.1 Å². The summed E-state index contributed by atoms with van der Waals surface area (Å²) in [5.41, 5.74) is 0.478. The average Bonchev–Trinajstić information content (AvgIpc) is 2.65. The number of nitro groups is 1. The van der Waals surface area contributed by atoms with Crippen molar-refractivity contribution in [3.8, 4) is 0 Å². The minimum atomic E-state index is -0.820. The second-order valence-electron chi connectivity index (χ2n) is 6.01. The molecule has 2 rings (SSSR count). The van der Waals surface area contributed by atoms with Crippen LogP contribution in [0.25, 0.3) is 0 Å². The Balaban J connectivity index is 2.25. The number of nitro benzene ring substituents is 1. The van der Waals surface area contributed by atoms with E-state index in [9.17, 15) is 24.5 Å². The van der Waals surface area contributed by atoms with Crippen molar-refractivity contribution in [2.24, 2.45) is 0 Å². The summed E-state index contributed by atoms with van der Waals surface area (Å²) < 4.78 is 10.2. The monoisotopic (exact) mass is 391 g/mol. The summed E-state index contributed by atoms with van der Waals surface area (Å²) in [6, 6.07) is 2.85. The highest BCUT2D eigenvalue weighted by Gasteiger charge is 2.32. The largest absolute Gasteiger partial charge is 0.463 e. The van der Waals surface area contributed by atoms with Gasteiger partial charge in [0, 0.05) is 11.6 Å². The van der Waals surface area contributed by atoms with Crippen LogP contribution < -0.4 is 10.6 Å². The number of hydrogen-bond acceptors (Lipinski definition) is 7. The molecule has 0 saturated carbocycles. The number of aryl methyl sites for hydroxylation is 1. The summed E-state index contributed by atoms with van der Waals surface area (Å²) in [5.74, 6) is -1.45. The van der Waals surface area contributed by atoms with Gasteiger partial charge in [0.1, 0.15) is 6.61 Å². The molecular weight excluding hydrogens is 370 g/mol. The van der Waals surface area contributed by atoms with Crippen molar-refractivity contribution in [2.75, 3.05) is 13.2 Å². The van der Waals surface area contributed by atoms with Crippen LogP contribution in [0.4, 0.5) is 10.5 Å². The molecule has 0 radical (unpaired) electrons. The Morgan fingerprint density at radius 2 is 1.93 bits per heavy atom. The molecule has 0 aromatic heterocycles. The highest BCUT2D eigenvalue weighted by atomic mass is 16.6. The minimum Gasteiger partial charge on any atom is -0.463 e. The first kappa shape index (κ1) is 20.9. The molecule has 1 aromatic rings. The van der Waals surface area contributed by atoms with Gasteiger partial charge in [-0.15, -0.1) is 0 Å². The first-order chi connectivity index (χ1) is 13.3. The van der Waals surface area contributed by atoms with E-state index in [1.54, 1.807) is 20.8 Å². The average molecular weight is 391 g/mol. The van der Waals surface area contributed by atoms with Gasteiger partial charge in [0.05, 0.1) is 34.4 Å². The van der Waals surface area contributed by atoms with E-state index in [0.717, 1.165) is 6.07 Å². The number of carbonyl (C=O) groups is 3. The Morgan fingerprint density at radius 1 is 1.21 bits per heavy atom. The van der Waals surface area contributed by atoms with Crippen molar-refractivity contribution in [3.63, 3.8) is 0 Å². The van der Waals surface area contributed by atoms with Gasteiger partial charge in [-0.25, -0.2) is 14.4 Å². The summed E-state index contributed by atoms with van der Waals surface area (Å²) in [4.78, 5) is 46.8. The quantitative estimate of drug-likeness (QED) is 0.412. The van der Waals surface area contributed by atoms with E-state index in [0.29, 0.717) is 12.0 Å². The van der Waals surface area contributed by atoms with Gasteiger partial charge in [-0.2, -0.15) is 0 Å². The summed E-state index contributed by atoms with van der Waals surface area (Å²) in [6.45, 7) is 4.74. The molecule has 2 N–H and O–H groups in total. The Morgan fingerprint density at radius 3 is 2.54 bits per heavy atom. The third-order valence-electron chi connectivity index (χ3n) is 4.14. The second-order valence-corrected chi connectivity index (χ2v) is 6.01. The fraction of sp³-hybridized carbons (Fsp3) is 0.389. The van der Waals surface area contributed by atoms with Crippen molar-refractivity contribution in [2.45, 2.75) is 33.2 Å². The number of rotatable bonds is 7. The SMILES string of the molecule is CCOC(=O)C1=C(COC(=O)c2ccc(C)c([N+](=O)[O-])c2)NC(=O)N[C@@H]1CC. The first-order valence-corrected chi connectivity index (χ1v) is 8.68. The van der Waals surface area contributed by atoms with Gasteiger partial charge in [0.25, 0.3) is 5.69 Å². The van der Waals surface area contributed by atoms with Gasteiger partial charge in [-0.3, -0.25) is 10.1 Å². The highest BCUT2D eigenvalue weighted by molar-refractivity contribution is 5.95. The summed E-state index contributed by atoms with van der Waals surface area (Å²) in [6.07, 6.45) is 0.434. The number of hydrogen-bond donors (Lipinski definition) is 2. The number of nitrogens with one attached hydrogen (secondary N) is 2. The zero-order valence-corrected chi connectivity index (χ0v) is 15.7. The molecule has 0 saturated heterocycles. The molecule has 1 heterocycles. The zero-order chi connectivity index (χ0) is 20.8. The molecule has 1 aliphatic heterocycles. The third kappa shape index (κ3) is 4.64. The number of amides is 2. The van der Waals surface area contributed by atoms with Gasteiger partial charge in [0.15, 0.2) is 0 Å². The van der Waals surface area contributed by atoms with Crippen LogP contribution in [-0.2, 0) is 14.3 Å². The minimum absolute atomic E-state index is 0.0112. The van der Waals surface area contributed by atoms with Gasteiger partial charge >= 0.3 is 18.0 Å². The van der Waals surface area contributed by atoms with Crippen LogP contribution >= 0.6 is 0 Å². The Labute approximate surface area is 161 Å². The Hall–Kier alpha value is -3.43. The van der Waals surface area contributed by atoms with E-state index in [4.69, 9.17) is 9.47 Å². The summed E-state index contributed by atoms with van der Waals surface area (Å²) in [7, 11) is 0. The van der Waals surface area contributed by atoms with Crippen molar-refractivity contribution in [1.29, 1.82) is 0 Å². The van der Waals surface area contributed by atoms with Crippen molar-refractivity contribution >= 4 is 23.7 Å². The van der Waals surface area contributed by atoms with E-state index < -0.39 is 35.5 Å². The molecule has 0 spiro atoms. The van der Waals surface area contributed by atoms with Crippen LogP contribution in [0, 0.1) is 17.0 Å². The lowest BCUT2D eigenvalue weighted by atomic mass is 10.0. The topological polar surface area (TPSA) is 137 Å². The van der Waals surface area contributed by atoms with E-state index in [-0.39, 0.29) is 29.1 Å². The Kier molecular flexibility index (Phi) is 6.69. The Bertz CT molecular complexity index is 848. The number of benzene rings is 1. The maximum Gasteiger partial charge on any atom is 0.338 e. The molecule has 0 unspecified atom stereocenters. The molecule has 1 atom stereocenters. The second kappa shape index (κ2) is 8.98. The molecule has 10 heteroatoms. The lowest BCUT2D eigenvalue weighted by Crippen LogP contribution is -2.51. The van der Waals surface area contributed by atoms with Crippen LogP contribution in [0.15, 0.2) is 29.5 Å².